The lowest BCUT2D eigenvalue weighted by Gasteiger charge is -2.09. The predicted molar refractivity (Wildman–Crippen MR) is 83.0 cm³/mol. The molecule has 0 radical (unpaired) electrons. The first-order valence-corrected chi connectivity index (χ1v) is 9.28. The van der Waals surface area contributed by atoms with E-state index < -0.39 is 20.8 Å². The molecule has 0 aliphatic rings. The summed E-state index contributed by atoms with van der Waals surface area (Å²) in [6.07, 6.45) is 1.52. The fraction of sp³-hybridized carbons (Fsp3) is 0.385. The molecule has 0 saturated heterocycles. The molecule has 1 aromatic carbocycles. The van der Waals surface area contributed by atoms with Crippen molar-refractivity contribution < 1.29 is 17.4 Å². The summed E-state index contributed by atoms with van der Waals surface area (Å²) in [5, 5.41) is 0. The van der Waals surface area contributed by atoms with Gasteiger partial charge in [-0.1, -0.05) is 11.8 Å². The van der Waals surface area contributed by atoms with Gasteiger partial charge in [0.15, 0.2) is 0 Å². The van der Waals surface area contributed by atoms with E-state index in [0.29, 0.717) is 11.3 Å². The summed E-state index contributed by atoms with van der Waals surface area (Å²) in [6, 6.07) is 4.39. The zero-order valence-electron chi connectivity index (χ0n) is 11.9. The minimum Gasteiger partial charge on any atom is -0.495 e. The first kappa shape index (κ1) is 17.7. The summed E-state index contributed by atoms with van der Waals surface area (Å²) in [6.45, 7) is 0.280. The van der Waals surface area contributed by atoms with Crippen LogP contribution in [0.5, 0.6) is 5.75 Å². The van der Waals surface area contributed by atoms with Gasteiger partial charge in [0.1, 0.15) is 5.75 Å². The highest BCUT2D eigenvalue weighted by atomic mass is 32.2. The summed E-state index contributed by atoms with van der Waals surface area (Å²) in [5.74, 6) is 6.16. The van der Waals surface area contributed by atoms with Gasteiger partial charge in [-0.15, -0.1) is 0 Å². The Morgan fingerprint density at radius 1 is 1.43 bits per heavy atom. The maximum Gasteiger partial charge on any atom is 0.240 e. The van der Waals surface area contributed by atoms with Crippen LogP contribution >= 0.6 is 0 Å². The van der Waals surface area contributed by atoms with Gasteiger partial charge in [0.25, 0.3) is 0 Å². The molecule has 0 spiro atoms. The second kappa shape index (κ2) is 8.14. The van der Waals surface area contributed by atoms with Gasteiger partial charge in [0.2, 0.25) is 10.0 Å². The zero-order valence-corrected chi connectivity index (χ0v) is 13.5. The minimum atomic E-state index is -3.67. The highest BCUT2D eigenvalue weighted by molar-refractivity contribution is 7.89. The summed E-state index contributed by atoms with van der Waals surface area (Å²) < 4.78 is 42.7. The summed E-state index contributed by atoms with van der Waals surface area (Å²) in [7, 11) is -3.24. The molecule has 1 rings (SSSR count). The Labute approximate surface area is 127 Å². The third-order valence-electron chi connectivity index (χ3n) is 2.49. The van der Waals surface area contributed by atoms with Crippen molar-refractivity contribution in [2.75, 3.05) is 32.2 Å². The average molecular weight is 330 g/mol. The first-order valence-electron chi connectivity index (χ1n) is 6.07. The highest BCUT2D eigenvalue weighted by Crippen LogP contribution is 2.21. The van der Waals surface area contributed by atoms with Gasteiger partial charge in [0.05, 0.1) is 24.1 Å². The van der Waals surface area contributed by atoms with Crippen LogP contribution in [0.15, 0.2) is 23.1 Å². The van der Waals surface area contributed by atoms with E-state index >= 15 is 0 Å². The quantitative estimate of drug-likeness (QED) is 0.696. The number of nitrogens with two attached hydrogens (primary N) is 1. The van der Waals surface area contributed by atoms with Crippen LogP contribution in [0.25, 0.3) is 0 Å². The lowest BCUT2D eigenvalue weighted by molar-refractivity contribution is 0.413. The second-order valence-corrected chi connectivity index (χ2v) is 7.36. The van der Waals surface area contributed by atoms with Crippen molar-refractivity contribution >= 4 is 20.8 Å². The van der Waals surface area contributed by atoms with E-state index in [1.165, 1.54) is 31.6 Å². The largest absolute Gasteiger partial charge is 0.495 e. The molecule has 0 aromatic heterocycles. The highest BCUT2D eigenvalue weighted by Gasteiger charge is 2.15. The van der Waals surface area contributed by atoms with E-state index in [4.69, 9.17) is 10.5 Å². The molecule has 6 nitrogen and oxygen atoms in total. The van der Waals surface area contributed by atoms with E-state index in [0.717, 1.165) is 0 Å². The molecule has 1 atom stereocenters. The number of sulfonamides is 1. The molecule has 0 amide bonds. The van der Waals surface area contributed by atoms with Crippen molar-refractivity contribution in [1.82, 2.24) is 4.72 Å². The van der Waals surface area contributed by atoms with Gasteiger partial charge >= 0.3 is 0 Å². The van der Waals surface area contributed by atoms with E-state index in [2.05, 4.69) is 16.6 Å². The Morgan fingerprint density at radius 3 is 2.71 bits per heavy atom. The second-order valence-electron chi connectivity index (χ2n) is 4.04. The van der Waals surface area contributed by atoms with Crippen molar-refractivity contribution in [3.8, 4) is 17.6 Å². The zero-order chi connectivity index (χ0) is 15.9. The number of hydrogen-bond donors (Lipinski definition) is 2. The predicted octanol–water partition coefficient (Wildman–Crippen LogP) is -0.338. The van der Waals surface area contributed by atoms with Gasteiger partial charge in [-0.3, -0.25) is 4.21 Å². The van der Waals surface area contributed by atoms with Crippen LogP contribution in [0, 0.1) is 11.8 Å². The third-order valence-corrected chi connectivity index (χ3v) is 4.73. The van der Waals surface area contributed by atoms with E-state index in [1.54, 1.807) is 0 Å². The summed E-state index contributed by atoms with van der Waals surface area (Å²) in [5.41, 5.74) is 5.76. The van der Waals surface area contributed by atoms with Gasteiger partial charge in [0, 0.05) is 29.4 Å². The standard InChI is InChI=1S/C13H18N2O4S2/c1-19-13-6-5-12(10-11(13)4-3-7-14)21(17,18)15-8-9-20(2)16/h5-6,10,15H,7-9,14H2,1-2H3. The number of nitrogens with one attached hydrogen (secondary N) is 1. The molecule has 0 fully saturated rings. The monoisotopic (exact) mass is 330 g/mol. The number of ether oxygens (including phenoxy) is 1. The Kier molecular flexibility index (Phi) is 6.84. The van der Waals surface area contributed by atoms with Crippen molar-refractivity contribution in [3.63, 3.8) is 0 Å². The Morgan fingerprint density at radius 2 is 2.14 bits per heavy atom. The fourth-order valence-electron chi connectivity index (χ4n) is 1.50. The lowest BCUT2D eigenvalue weighted by Crippen LogP contribution is -2.27. The molecule has 3 N–H and O–H groups in total. The Hall–Kier alpha value is -1.40. The summed E-state index contributed by atoms with van der Waals surface area (Å²) >= 11 is 0. The molecule has 8 heteroatoms. The molecule has 0 bridgehead atoms. The topological polar surface area (TPSA) is 98.5 Å². The molecule has 0 aliphatic heterocycles. The lowest BCUT2D eigenvalue weighted by atomic mass is 10.2. The van der Waals surface area contributed by atoms with Crippen LogP contribution in [-0.4, -0.2) is 44.8 Å². The molecular formula is C13H18N2O4S2. The van der Waals surface area contributed by atoms with Gasteiger partial charge < -0.3 is 10.5 Å². The van der Waals surface area contributed by atoms with Gasteiger partial charge in [-0.2, -0.15) is 0 Å². The van der Waals surface area contributed by atoms with Crippen molar-refractivity contribution in [1.29, 1.82) is 0 Å². The van der Waals surface area contributed by atoms with Crippen LogP contribution in [0.1, 0.15) is 5.56 Å². The number of hydrogen-bond acceptors (Lipinski definition) is 5. The fourth-order valence-corrected chi connectivity index (χ4v) is 3.08. The van der Waals surface area contributed by atoms with Crippen molar-refractivity contribution in [2.24, 2.45) is 5.73 Å². The minimum absolute atomic E-state index is 0.0755. The SMILES string of the molecule is COc1ccc(S(=O)(=O)NCCS(C)=O)cc1C#CCN. The third kappa shape index (κ3) is 5.47. The molecule has 1 unspecified atom stereocenters. The number of benzene rings is 1. The number of methoxy groups -OCH3 is 1. The van der Waals surface area contributed by atoms with Gasteiger partial charge in [-0.05, 0) is 18.2 Å². The Bertz CT molecular complexity index is 675. The summed E-state index contributed by atoms with van der Waals surface area (Å²) in [4.78, 5) is 0.0755. The van der Waals surface area contributed by atoms with E-state index in [1.807, 2.05) is 0 Å². The smallest absolute Gasteiger partial charge is 0.240 e. The van der Waals surface area contributed by atoms with Crippen LogP contribution in [0.2, 0.25) is 0 Å². The number of rotatable bonds is 6. The molecular weight excluding hydrogens is 312 g/mol. The first-order chi connectivity index (χ1) is 9.90. The van der Waals surface area contributed by atoms with Crippen molar-refractivity contribution in [3.05, 3.63) is 23.8 Å². The molecule has 0 saturated carbocycles. The van der Waals surface area contributed by atoms with Gasteiger partial charge in [-0.25, -0.2) is 13.1 Å². The molecule has 116 valence electrons. The molecule has 0 heterocycles. The maximum absolute atomic E-state index is 12.1. The molecule has 1 aromatic rings. The maximum atomic E-state index is 12.1. The van der Waals surface area contributed by atoms with Crippen molar-refractivity contribution in [2.45, 2.75) is 4.90 Å². The Balaban J connectivity index is 3.04. The van der Waals surface area contributed by atoms with Crippen LogP contribution in [0.4, 0.5) is 0 Å². The average Bonchev–Trinajstić information content (AvgIpc) is 2.44. The normalized spacial score (nSPS) is 12.3. The van der Waals surface area contributed by atoms with E-state index in [-0.39, 0.29) is 23.7 Å². The molecule has 0 aliphatic carbocycles. The van der Waals surface area contributed by atoms with Crippen LogP contribution < -0.4 is 15.2 Å². The van der Waals surface area contributed by atoms with Crippen LogP contribution in [-0.2, 0) is 20.8 Å². The van der Waals surface area contributed by atoms with E-state index in [9.17, 15) is 12.6 Å². The molecule has 21 heavy (non-hydrogen) atoms. The van der Waals surface area contributed by atoms with Crippen LogP contribution in [0.3, 0.4) is 0 Å².